The third-order valence-corrected chi connectivity index (χ3v) is 5.28. The minimum Gasteiger partial charge on any atom is -0.332 e. The Bertz CT molecular complexity index is 976. The number of nitrogens with zero attached hydrogens (tertiary/aromatic N) is 1. The van der Waals surface area contributed by atoms with Gasteiger partial charge >= 0.3 is 0 Å². The number of hydrogen-bond acceptors (Lipinski definition) is 3. The van der Waals surface area contributed by atoms with E-state index < -0.39 is 0 Å². The number of rotatable bonds is 4. The number of para-hydroxylation sites is 1. The molecule has 26 heavy (non-hydrogen) atoms. The zero-order valence-electron chi connectivity index (χ0n) is 14.8. The molecular weight excluding hydrogens is 351 g/mol. The number of likely N-dealkylation sites (N-methyl/N-ethyl adjacent to an activating group) is 1. The van der Waals surface area contributed by atoms with E-state index in [4.69, 9.17) is 0 Å². The van der Waals surface area contributed by atoms with Gasteiger partial charge in [-0.2, -0.15) is 0 Å². The molecular formula is C20H19FN2O2S. The Morgan fingerprint density at radius 1 is 1.12 bits per heavy atom. The quantitative estimate of drug-likeness (QED) is 0.741. The van der Waals surface area contributed by atoms with Gasteiger partial charge in [-0.3, -0.25) is 9.59 Å². The number of carbonyl (C=O) groups is 2. The molecule has 0 saturated heterocycles. The van der Waals surface area contributed by atoms with Gasteiger partial charge in [-0.05, 0) is 43.2 Å². The second-order valence-corrected chi connectivity index (χ2v) is 7.32. The Balaban J connectivity index is 1.72. The van der Waals surface area contributed by atoms with Gasteiger partial charge in [0.15, 0.2) is 0 Å². The van der Waals surface area contributed by atoms with Crippen molar-refractivity contribution in [3.05, 3.63) is 64.3 Å². The average Bonchev–Trinajstić information content (AvgIpc) is 3.03. The number of thiophene rings is 1. The largest absolute Gasteiger partial charge is 0.332 e. The summed E-state index contributed by atoms with van der Waals surface area (Å²) in [5.74, 6) is -0.930. The van der Waals surface area contributed by atoms with Gasteiger partial charge < -0.3 is 10.2 Å². The summed E-state index contributed by atoms with van der Waals surface area (Å²) in [6.45, 7) is 3.76. The van der Waals surface area contributed by atoms with Crippen molar-refractivity contribution in [1.82, 2.24) is 4.90 Å². The SMILES string of the molecule is Cc1cccc(C)c1NC(=O)CN(C)C(=O)c1cc2c(F)cccc2s1. The second-order valence-electron chi connectivity index (χ2n) is 6.24. The molecule has 0 unspecified atom stereocenters. The maximum Gasteiger partial charge on any atom is 0.264 e. The van der Waals surface area contributed by atoms with E-state index in [1.165, 1.54) is 28.4 Å². The maximum atomic E-state index is 13.8. The van der Waals surface area contributed by atoms with Gasteiger partial charge in [0.25, 0.3) is 5.91 Å². The number of nitrogens with one attached hydrogen (secondary N) is 1. The normalized spacial score (nSPS) is 10.8. The number of aryl methyl sites for hydroxylation is 2. The number of halogens is 1. The van der Waals surface area contributed by atoms with Crippen LogP contribution in [-0.2, 0) is 4.79 Å². The summed E-state index contributed by atoms with van der Waals surface area (Å²) < 4.78 is 14.5. The fourth-order valence-electron chi connectivity index (χ4n) is 2.80. The lowest BCUT2D eigenvalue weighted by Gasteiger charge is -2.17. The molecule has 0 spiro atoms. The molecule has 1 heterocycles. The summed E-state index contributed by atoms with van der Waals surface area (Å²) in [5.41, 5.74) is 2.70. The molecule has 0 bridgehead atoms. The first-order valence-electron chi connectivity index (χ1n) is 8.16. The van der Waals surface area contributed by atoms with Crippen LogP contribution in [0.25, 0.3) is 10.1 Å². The van der Waals surface area contributed by atoms with E-state index in [9.17, 15) is 14.0 Å². The highest BCUT2D eigenvalue weighted by Crippen LogP contribution is 2.28. The Hall–Kier alpha value is -2.73. The molecule has 0 aliphatic heterocycles. The summed E-state index contributed by atoms with van der Waals surface area (Å²) >= 11 is 1.22. The van der Waals surface area contributed by atoms with Crippen LogP contribution in [0.5, 0.6) is 0 Å². The number of anilines is 1. The summed E-state index contributed by atoms with van der Waals surface area (Å²) in [5, 5.41) is 3.29. The summed E-state index contributed by atoms with van der Waals surface area (Å²) in [4.78, 5) is 26.7. The van der Waals surface area contributed by atoms with E-state index in [2.05, 4.69) is 5.32 Å². The molecule has 3 aromatic rings. The molecule has 2 aromatic carbocycles. The van der Waals surface area contributed by atoms with Crippen molar-refractivity contribution in [2.24, 2.45) is 0 Å². The van der Waals surface area contributed by atoms with Gasteiger partial charge in [0.1, 0.15) is 5.82 Å². The van der Waals surface area contributed by atoms with E-state index in [0.29, 0.717) is 15.0 Å². The number of hydrogen-bond donors (Lipinski definition) is 1. The highest BCUT2D eigenvalue weighted by atomic mass is 32.1. The zero-order valence-corrected chi connectivity index (χ0v) is 15.6. The maximum absolute atomic E-state index is 13.8. The van der Waals surface area contributed by atoms with Crippen LogP contribution in [0.1, 0.15) is 20.8 Å². The predicted molar refractivity (Wildman–Crippen MR) is 103 cm³/mol. The van der Waals surface area contributed by atoms with Crippen molar-refractivity contribution in [2.45, 2.75) is 13.8 Å². The fraction of sp³-hybridized carbons (Fsp3) is 0.200. The number of benzene rings is 2. The van der Waals surface area contributed by atoms with Crippen LogP contribution >= 0.6 is 11.3 Å². The Labute approximate surface area is 155 Å². The number of carbonyl (C=O) groups excluding carboxylic acids is 2. The molecule has 0 saturated carbocycles. The van der Waals surface area contributed by atoms with Crippen LogP contribution < -0.4 is 5.32 Å². The first-order valence-corrected chi connectivity index (χ1v) is 8.98. The van der Waals surface area contributed by atoms with Crippen molar-refractivity contribution >= 4 is 38.9 Å². The van der Waals surface area contributed by atoms with Crippen LogP contribution in [0.3, 0.4) is 0 Å². The predicted octanol–water partition coefficient (Wildman–Crippen LogP) is 4.37. The van der Waals surface area contributed by atoms with E-state index in [-0.39, 0.29) is 24.2 Å². The Kier molecular flexibility index (Phi) is 5.04. The summed E-state index contributed by atoms with van der Waals surface area (Å²) in [6, 6.07) is 12.1. The molecule has 4 nitrogen and oxygen atoms in total. The highest BCUT2D eigenvalue weighted by Gasteiger charge is 2.19. The third-order valence-electron chi connectivity index (χ3n) is 4.19. The van der Waals surface area contributed by atoms with Gasteiger partial charge in [0, 0.05) is 22.8 Å². The van der Waals surface area contributed by atoms with Crippen LogP contribution in [-0.4, -0.2) is 30.3 Å². The van der Waals surface area contributed by atoms with Gasteiger partial charge in [-0.1, -0.05) is 24.3 Å². The first-order chi connectivity index (χ1) is 12.4. The van der Waals surface area contributed by atoms with Crippen molar-refractivity contribution in [3.63, 3.8) is 0 Å². The molecule has 2 amide bonds. The zero-order chi connectivity index (χ0) is 18.8. The van der Waals surface area contributed by atoms with Crippen LogP contribution in [0.2, 0.25) is 0 Å². The monoisotopic (exact) mass is 370 g/mol. The molecule has 3 rings (SSSR count). The highest BCUT2D eigenvalue weighted by molar-refractivity contribution is 7.20. The smallest absolute Gasteiger partial charge is 0.264 e. The lowest BCUT2D eigenvalue weighted by molar-refractivity contribution is -0.116. The van der Waals surface area contributed by atoms with Crippen LogP contribution in [0, 0.1) is 19.7 Å². The lowest BCUT2D eigenvalue weighted by atomic mass is 10.1. The Morgan fingerprint density at radius 3 is 2.42 bits per heavy atom. The minimum absolute atomic E-state index is 0.0800. The molecule has 0 fully saturated rings. The molecule has 0 radical (unpaired) electrons. The van der Waals surface area contributed by atoms with E-state index in [1.807, 2.05) is 32.0 Å². The average molecular weight is 370 g/mol. The van der Waals surface area contributed by atoms with Gasteiger partial charge in [0.05, 0.1) is 11.4 Å². The summed E-state index contributed by atoms with van der Waals surface area (Å²) in [6.07, 6.45) is 0. The second kappa shape index (κ2) is 7.25. The molecule has 6 heteroatoms. The molecule has 1 aromatic heterocycles. The van der Waals surface area contributed by atoms with Crippen molar-refractivity contribution in [1.29, 1.82) is 0 Å². The third kappa shape index (κ3) is 3.60. The molecule has 1 N–H and O–H groups in total. The van der Waals surface area contributed by atoms with Crippen molar-refractivity contribution < 1.29 is 14.0 Å². The number of fused-ring (bicyclic) bond motifs is 1. The van der Waals surface area contributed by atoms with Gasteiger partial charge in [-0.25, -0.2) is 4.39 Å². The van der Waals surface area contributed by atoms with E-state index in [0.717, 1.165) is 16.8 Å². The lowest BCUT2D eigenvalue weighted by Crippen LogP contribution is -2.34. The fourth-order valence-corrected chi connectivity index (χ4v) is 3.87. The summed E-state index contributed by atoms with van der Waals surface area (Å²) in [7, 11) is 1.56. The molecule has 134 valence electrons. The standard InChI is InChI=1S/C20H19FN2O2S/c1-12-6-4-7-13(2)19(12)22-18(24)11-23(3)20(25)17-10-14-15(21)8-5-9-16(14)26-17/h4-10H,11H2,1-3H3,(H,22,24). The topological polar surface area (TPSA) is 49.4 Å². The van der Waals surface area contributed by atoms with Crippen molar-refractivity contribution in [3.8, 4) is 0 Å². The first kappa shape index (κ1) is 18.1. The number of amides is 2. The van der Waals surface area contributed by atoms with Gasteiger partial charge in [-0.15, -0.1) is 11.3 Å². The van der Waals surface area contributed by atoms with E-state index in [1.54, 1.807) is 19.2 Å². The van der Waals surface area contributed by atoms with Crippen LogP contribution in [0.15, 0.2) is 42.5 Å². The Morgan fingerprint density at radius 2 is 1.77 bits per heavy atom. The van der Waals surface area contributed by atoms with E-state index >= 15 is 0 Å². The molecule has 0 aliphatic rings. The molecule has 0 aliphatic carbocycles. The van der Waals surface area contributed by atoms with Gasteiger partial charge in [0.2, 0.25) is 5.91 Å². The minimum atomic E-state index is -0.353. The molecule has 0 atom stereocenters. The van der Waals surface area contributed by atoms with Crippen LogP contribution in [0.4, 0.5) is 10.1 Å². The van der Waals surface area contributed by atoms with Crippen molar-refractivity contribution in [2.75, 3.05) is 18.9 Å².